The first-order chi connectivity index (χ1) is 8.65. The van der Waals surface area contributed by atoms with Gasteiger partial charge in [-0.1, -0.05) is 19.9 Å². The largest absolute Gasteiger partial charge is 0.331 e. The Balaban J connectivity index is 2.28. The summed E-state index contributed by atoms with van der Waals surface area (Å²) in [6.07, 6.45) is 0. The third-order valence-corrected chi connectivity index (χ3v) is 3.79. The number of aromatic amines is 1. The number of hydrogen-bond donors (Lipinski definition) is 1. The van der Waals surface area contributed by atoms with Gasteiger partial charge in [0.2, 0.25) is 0 Å². The SMILES string of the molecule is CCN(CC)CCn1c(=S)[nH]c2cc(C)ccc21. The maximum absolute atomic E-state index is 5.41. The number of H-pyrrole nitrogens is 1. The van der Waals surface area contributed by atoms with Gasteiger partial charge in [-0.25, -0.2) is 0 Å². The molecule has 98 valence electrons. The molecule has 0 bridgehead atoms. The third kappa shape index (κ3) is 2.65. The van der Waals surface area contributed by atoms with E-state index in [-0.39, 0.29) is 0 Å². The van der Waals surface area contributed by atoms with Crippen molar-refractivity contribution in [2.45, 2.75) is 27.3 Å². The first-order valence-electron chi connectivity index (χ1n) is 6.57. The third-order valence-electron chi connectivity index (χ3n) is 3.46. The zero-order chi connectivity index (χ0) is 13.1. The van der Waals surface area contributed by atoms with Gasteiger partial charge in [0.15, 0.2) is 4.77 Å². The summed E-state index contributed by atoms with van der Waals surface area (Å²) in [6.45, 7) is 10.7. The monoisotopic (exact) mass is 263 g/mol. The quantitative estimate of drug-likeness (QED) is 0.836. The fourth-order valence-electron chi connectivity index (χ4n) is 2.28. The van der Waals surface area contributed by atoms with Gasteiger partial charge in [-0.05, 0) is 49.9 Å². The molecule has 0 spiro atoms. The molecule has 18 heavy (non-hydrogen) atoms. The van der Waals surface area contributed by atoms with Crippen LogP contribution in [-0.4, -0.2) is 34.1 Å². The van der Waals surface area contributed by atoms with E-state index in [1.165, 1.54) is 11.1 Å². The van der Waals surface area contributed by atoms with E-state index in [0.717, 1.165) is 36.5 Å². The molecule has 1 N–H and O–H groups in total. The smallest absolute Gasteiger partial charge is 0.178 e. The van der Waals surface area contributed by atoms with E-state index in [1.54, 1.807) is 0 Å². The Morgan fingerprint density at radius 1 is 1.28 bits per heavy atom. The topological polar surface area (TPSA) is 24.0 Å². The fraction of sp³-hybridized carbons (Fsp3) is 0.500. The lowest BCUT2D eigenvalue weighted by Crippen LogP contribution is -2.27. The van der Waals surface area contributed by atoms with E-state index < -0.39 is 0 Å². The number of imidazole rings is 1. The molecule has 0 aliphatic carbocycles. The molecule has 2 aromatic rings. The van der Waals surface area contributed by atoms with Crippen molar-refractivity contribution in [3.05, 3.63) is 28.5 Å². The van der Waals surface area contributed by atoms with E-state index in [0.29, 0.717) is 0 Å². The predicted octanol–water partition coefficient (Wildman–Crippen LogP) is 3.35. The summed E-state index contributed by atoms with van der Waals surface area (Å²) in [5.74, 6) is 0. The van der Waals surface area contributed by atoms with E-state index in [4.69, 9.17) is 12.2 Å². The molecule has 1 aromatic carbocycles. The number of nitrogens with one attached hydrogen (secondary N) is 1. The van der Waals surface area contributed by atoms with Crippen LogP contribution in [0.15, 0.2) is 18.2 Å². The summed E-state index contributed by atoms with van der Waals surface area (Å²) >= 11 is 5.41. The molecule has 0 radical (unpaired) electrons. The van der Waals surface area contributed by atoms with Crippen LogP contribution in [0.5, 0.6) is 0 Å². The van der Waals surface area contributed by atoms with Crippen LogP contribution < -0.4 is 0 Å². The number of aryl methyl sites for hydroxylation is 1. The fourth-order valence-corrected chi connectivity index (χ4v) is 2.58. The van der Waals surface area contributed by atoms with Gasteiger partial charge in [0, 0.05) is 13.1 Å². The van der Waals surface area contributed by atoms with Gasteiger partial charge in [-0.3, -0.25) is 0 Å². The number of rotatable bonds is 5. The number of benzene rings is 1. The highest BCUT2D eigenvalue weighted by molar-refractivity contribution is 7.71. The molecule has 1 aromatic heterocycles. The summed E-state index contributed by atoms with van der Waals surface area (Å²) in [5.41, 5.74) is 3.60. The highest BCUT2D eigenvalue weighted by atomic mass is 32.1. The minimum absolute atomic E-state index is 0.822. The van der Waals surface area contributed by atoms with Crippen molar-refractivity contribution in [1.29, 1.82) is 0 Å². The number of hydrogen-bond acceptors (Lipinski definition) is 2. The van der Waals surface area contributed by atoms with Crippen molar-refractivity contribution >= 4 is 23.3 Å². The average molecular weight is 263 g/mol. The number of fused-ring (bicyclic) bond motifs is 1. The molecule has 0 saturated heterocycles. The van der Waals surface area contributed by atoms with Crippen molar-refractivity contribution in [2.24, 2.45) is 0 Å². The molecule has 0 aliphatic rings. The Bertz CT molecular complexity index is 578. The Morgan fingerprint density at radius 3 is 2.67 bits per heavy atom. The molecule has 0 aliphatic heterocycles. The number of likely N-dealkylation sites (N-methyl/N-ethyl adjacent to an activating group) is 1. The predicted molar refractivity (Wildman–Crippen MR) is 79.6 cm³/mol. The van der Waals surface area contributed by atoms with Crippen LogP contribution in [0.2, 0.25) is 0 Å². The summed E-state index contributed by atoms with van der Waals surface area (Å²) in [4.78, 5) is 5.70. The molecule has 0 fully saturated rings. The lowest BCUT2D eigenvalue weighted by Gasteiger charge is -2.18. The number of nitrogens with zero attached hydrogens (tertiary/aromatic N) is 2. The van der Waals surface area contributed by atoms with Crippen LogP contribution in [0.1, 0.15) is 19.4 Å². The van der Waals surface area contributed by atoms with E-state index in [2.05, 4.69) is 53.4 Å². The Labute approximate surface area is 113 Å². The minimum Gasteiger partial charge on any atom is -0.331 e. The Hall–Kier alpha value is -1.13. The van der Waals surface area contributed by atoms with Crippen molar-refractivity contribution in [3.63, 3.8) is 0 Å². The summed E-state index contributed by atoms with van der Waals surface area (Å²) < 4.78 is 3.02. The molecular weight excluding hydrogens is 242 g/mol. The summed E-state index contributed by atoms with van der Waals surface area (Å²) in [6, 6.07) is 6.44. The summed E-state index contributed by atoms with van der Waals surface area (Å²) in [7, 11) is 0. The first kappa shape index (κ1) is 13.3. The molecule has 0 saturated carbocycles. The van der Waals surface area contributed by atoms with Crippen molar-refractivity contribution in [2.75, 3.05) is 19.6 Å². The standard InChI is InChI=1S/C14H21N3S/c1-4-16(5-2)8-9-17-13-7-6-11(3)10-12(13)15-14(17)18/h6-7,10H,4-5,8-9H2,1-3H3,(H,15,18). The molecule has 4 heteroatoms. The second kappa shape index (κ2) is 5.67. The van der Waals surface area contributed by atoms with E-state index in [9.17, 15) is 0 Å². The molecule has 1 heterocycles. The second-order valence-corrected chi connectivity index (χ2v) is 5.02. The van der Waals surface area contributed by atoms with Gasteiger partial charge in [0.1, 0.15) is 0 Å². The highest BCUT2D eigenvalue weighted by Gasteiger charge is 2.06. The lowest BCUT2D eigenvalue weighted by molar-refractivity contribution is 0.291. The van der Waals surface area contributed by atoms with Crippen molar-refractivity contribution < 1.29 is 0 Å². The van der Waals surface area contributed by atoms with Crippen LogP contribution >= 0.6 is 12.2 Å². The maximum atomic E-state index is 5.41. The van der Waals surface area contributed by atoms with Gasteiger partial charge < -0.3 is 14.5 Å². The molecular formula is C14H21N3S. The average Bonchev–Trinajstić information content (AvgIpc) is 2.66. The molecule has 2 rings (SSSR count). The Morgan fingerprint density at radius 2 is 2.00 bits per heavy atom. The molecule has 0 unspecified atom stereocenters. The van der Waals surface area contributed by atoms with Gasteiger partial charge in [-0.2, -0.15) is 0 Å². The van der Waals surface area contributed by atoms with E-state index >= 15 is 0 Å². The highest BCUT2D eigenvalue weighted by Crippen LogP contribution is 2.15. The first-order valence-corrected chi connectivity index (χ1v) is 6.98. The Kier molecular flexibility index (Phi) is 4.19. The molecule has 0 atom stereocenters. The van der Waals surface area contributed by atoms with Crippen LogP contribution in [0.25, 0.3) is 11.0 Å². The summed E-state index contributed by atoms with van der Waals surface area (Å²) in [5, 5.41) is 0. The van der Waals surface area contributed by atoms with Gasteiger partial charge >= 0.3 is 0 Å². The van der Waals surface area contributed by atoms with Gasteiger partial charge in [-0.15, -0.1) is 0 Å². The molecule has 3 nitrogen and oxygen atoms in total. The van der Waals surface area contributed by atoms with Gasteiger partial charge in [0.05, 0.1) is 11.0 Å². The second-order valence-electron chi connectivity index (χ2n) is 4.63. The molecule has 0 amide bonds. The zero-order valence-electron chi connectivity index (χ0n) is 11.4. The van der Waals surface area contributed by atoms with Crippen molar-refractivity contribution in [3.8, 4) is 0 Å². The minimum atomic E-state index is 0.822. The van der Waals surface area contributed by atoms with Crippen LogP contribution in [0, 0.1) is 11.7 Å². The lowest BCUT2D eigenvalue weighted by atomic mass is 10.2. The zero-order valence-corrected chi connectivity index (χ0v) is 12.2. The van der Waals surface area contributed by atoms with Gasteiger partial charge in [0.25, 0.3) is 0 Å². The van der Waals surface area contributed by atoms with Crippen molar-refractivity contribution in [1.82, 2.24) is 14.5 Å². The van der Waals surface area contributed by atoms with Crippen LogP contribution in [0.3, 0.4) is 0 Å². The van der Waals surface area contributed by atoms with Crippen LogP contribution in [0.4, 0.5) is 0 Å². The van der Waals surface area contributed by atoms with E-state index in [1.807, 2.05) is 0 Å². The van der Waals surface area contributed by atoms with Crippen LogP contribution in [-0.2, 0) is 6.54 Å². The number of aromatic nitrogens is 2. The maximum Gasteiger partial charge on any atom is 0.178 e. The normalized spacial score (nSPS) is 11.6.